The fourth-order valence-electron chi connectivity index (χ4n) is 3.04. The molecule has 4 nitrogen and oxygen atoms in total. The molecule has 27 heavy (non-hydrogen) atoms. The minimum absolute atomic E-state index is 0.246. The van der Waals surface area contributed by atoms with Gasteiger partial charge in [0.1, 0.15) is 0 Å². The molecule has 2 aromatic rings. The number of unbranched alkanes of at least 4 members (excludes halogenated alkanes) is 2. The molecule has 2 aromatic carbocycles. The van der Waals surface area contributed by atoms with Gasteiger partial charge in [-0.25, -0.2) is 4.79 Å². The number of hydrogen-bond acceptors (Lipinski definition) is 3. The molecule has 0 aliphatic heterocycles. The fraction of sp³-hybridized carbons (Fsp3) is 0.364. The summed E-state index contributed by atoms with van der Waals surface area (Å²) in [5, 5.41) is 12.1. The zero-order valence-corrected chi connectivity index (χ0v) is 16.3. The zero-order valence-electron chi connectivity index (χ0n) is 15.4. The van der Waals surface area contributed by atoms with E-state index in [0.717, 1.165) is 25.7 Å². The second kappa shape index (κ2) is 11.4. The van der Waals surface area contributed by atoms with Crippen molar-refractivity contribution in [3.05, 3.63) is 71.8 Å². The number of carboxylic acid groups (broad SMARTS) is 1. The van der Waals surface area contributed by atoms with Crippen LogP contribution in [-0.2, 0) is 16.0 Å². The van der Waals surface area contributed by atoms with E-state index in [2.05, 4.69) is 30.1 Å². The number of thiol groups is 1. The average molecular weight is 386 g/mol. The van der Waals surface area contributed by atoms with Crippen molar-refractivity contribution in [3.8, 4) is 0 Å². The molecule has 0 spiro atoms. The lowest BCUT2D eigenvalue weighted by atomic mass is 9.99. The standard InChI is InChI=1S/C22H27NO3S/c24-21(23-20(22(25)26)18-13-7-3-8-14-18)19(16-27)15-9-2-6-12-17-10-4-1-5-11-17/h1,3-5,7-8,10-11,13-14,19-20,27H,2,6,9,12,15-16H2,(H,23,24)(H,25,26)/t19-,20+/m0/s1. The van der Waals surface area contributed by atoms with Crippen molar-refractivity contribution in [3.63, 3.8) is 0 Å². The Bertz CT molecular complexity index is 706. The van der Waals surface area contributed by atoms with Gasteiger partial charge in [-0.1, -0.05) is 73.5 Å². The maximum absolute atomic E-state index is 12.5. The van der Waals surface area contributed by atoms with Crippen molar-refractivity contribution < 1.29 is 14.7 Å². The summed E-state index contributed by atoms with van der Waals surface area (Å²) in [6.07, 6.45) is 4.79. The van der Waals surface area contributed by atoms with Gasteiger partial charge < -0.3 is 10.4 Å². The number of amides is 1. The molecule has 0 unspecified atom stereocenters. The summed E-state index contributed by atoms with van der Waals surface area (Å²) in [5.74, 6) is -1.18. The predicted octanol–water partition coefficient (Wildman–Crippen LogP) is 4.28. The molecule has 2 atom stereocenters. The number of nitrogens with one attached hydrogen (secondary N) is 1. The van der Waals surface area contributed by atoms with E-state index in [1.807, 2.05) is 24.3 Å². The maximum atomic E-state index is 12.5. The minimum Gasteiger partial charge on any atom is -0.479 e. The van der Waals surface area contributed by atoms with Crippen LogP contribution in [0.25, 0.3) is 0 Å². The molecule has 0 bridgehead atoms. The van der Waals surface area contributed by atoms with Crippen LogP contribution in [0.3, 0.4) is 0 Å². The van der Waals surface area contributed by atoms with Crippen LogP contribution in [0, 0.1) is 5.92 Å². The van der Waals surface area contributed by atoms with E-state index < -0.39 is 12.0 Å². The predicted molar refractivity (Wildman–Crippen MR) is 111 cm³/mol. The van der Waals surface area contributed by atoms with Crippen LogP contribution in [0.15, 0.2) is 60.7 Å². The van der Waals surface area contributed by atoms with Gasteiger partial charge in [-0.15, -0.1) is 0 Å². The number of carbonyl (C=O) groups excluding carboxylic acids is 1. The van der Waals surface area contributed by atoms with Gasteiger partial charge in [0.05, 0.1) is 0 Å². The van der Waals surface area contributed by atoms with Crippen molar-refractivity contribution in [2.75, 3.05) is 5.75 Å². The van der Waals surface area contributed by atoms with Crippen LogP contribution in [0.4, 0.5) is 0 Å². The molecule has 5 heteroatoms. The summed E-state index contributed by atoms with van der Waals surface area (Å²) in [7, 11) is 0. The Morgan fingerprint density at radius 1 is 0.926 bits per heavy atom. The maximum Gasteiger partial charge on any atom is 0.330 e. The van der Waals surface area contributed by atoms with Crippen LogP contribution < -0.4 is 5.32 Å². The molecular weight excluding hydrogens is 358 g/mol. The summed E-state index contributed by atoms with van der Waals surface area (Å²) < 4.78 is 0. The first-order valence-corrected chi connectivity index (χ1v) is 9.98. The summed E-state index contributed by atoms with van der Waals surface area (Å²) in [5.41, 5.74) is 1.90. The Morgan fingerprint density at radius 2 is 1.56 bits per heavy atom. The molecule has 2 rings (SSSR count). The third kappa shape index (κ3) is 7.10. The van der Waals surface area contributed by atoms with Crippen molar-refractivity contribution in [1.29, 1.82) is 0 Å². The average Bonchev–Trinajstić information content (AvgIpc) is 2.70. The lowest BCUT2D eigenvalue weighted by Gasteiger charge is -2.19. The highest BCUT2D eigenvalue weighted by Gasteiger charge is 2.25. The lowest BCUT2D eigenvalue weighted by molar-refractivity contribution is -0.142. The Hall–Kier alpha value is -2.27. The van der Waals surface area contributed by atoms with Gasteiger partial charge >= 0.3 is 5.97 Å². The van der Waals surface area contributed by atoms with Gasteiger partial charge in [-0.05, 0) is 30.4 Å². The van der Waals surface area contributed by atoms with Crippen molar-refractivity contribution >= 4 is 24.5 Å². The zero-order chi connectivity index (χ0) is 19.5. The Balaban J connectivity index is 1.79. The van der Waals surface area contributed by atoms with Crippen LogP contribution in [0.5, 0.6) is 0 Å². The van der Waals surface area contributed by atoms with Gasteiger partial charge in [0.2, 0.25) is 5.91 Å². The number of aliphatic carboxylic acids is 1. The number of aryl methyl sites for hydroxylation is 1. The van der Waals surface area contributed by atoms with Gasteiger partial charge in [0, 0.05) is 11.7 Å². The fourth-order valence-corrected chi connectivity index (χ4v) is 3.39. The quantitative estimate of drug-likeness (QED) is 0.400. The third-order valence-electron chi connectivity index (χ3n) is 4.62. The summed E-state index contributed by atoms with van der Waals surface area (Å²) in [4.78, 5) is 24.1. The smallest absolute Gasteiger partial charge is 0.330 e. The largest absolute Gasteiger partial charge is 0.479 e. The molecule has 0 aromatic heterocycles. The molecule has 0 aliphatic carbocycles. The molecule has 0 fully saturated rings. The van der Waals surface area contributed by atoms with Crippen molar-refractivity contribution in [2.24, 2.45) is 5.92 Å². The third-order valence-corrected chi connectivity index (χ3v) is 5.06. The molecule has 0 saturated carbocycles. The Morgan fingerprint density at radius 3 is 2.15 bits per heavy atom. The first-order chi connectivity index (χ1) is 13.1. The minimum atomic E-state index is -1.06. The van der Waals surface area contributed by atoms with E-state index >= 15 is 0 Å². The Labute approximate surface area is 166 Å². The Kier molecular flexibility index (Phi) is 8.92. The SMILES string of the molecule is O=C(N[C@@H](C(=O)O)c1ccccc1)[C@H](CS)CCCCCc1ccccc1. The van der Waals surface area contributed by atoms with Crippen LogP contribution in [-0.4, -0.2) is 22.7 Å². The summed E-state index contributed by atoms with van der Waals surface area (Å²) >= 11 is 4.29. The second-order valence-electron chi connectivity index (χ2n) is 6.65. The molecule has 144 valence electrons. The van der Waals surface area contributed by atoms with E-state index in [-0.39, 0.29) is 11.8 Å². The number of hydrogen-bond donors (Lipinski definition) is 3. The highest BCUT2D eigenvalue weighted by atomic mass is 32.1. The van der Waals surface area contributed by atoms with Crippen molar-refractivity contribution in [1.82, 2.24) is 5.32 Å². The van der Waals surface area contributed by atoms with E-state index in [4.69, 9.17) is 0 Å². The van der Waals surface area contributed by atoms with Gasteiger partial charge in [0.25, 0.3) is 0 Å². The highest BCUT2D eigenvalue weighted by molar-refractivity contribution is 7.80. The number of rotatable bonds is 11. The first kappa shape index (κ1) is 21.0. The van der Waals surface area contributed by atoms with Gasteiger partial charge in [-0.2, -0.15) is 12.6 Å². The van der Waals surface area contributed by atoms with E-state index in [9.17, 15) is 14.7 Å². The molecule has 1 amide bonds. The van der Waals surface area contributed by atoms with Gasteiger partial charge in [0.15, 0.2) is 6.04 Å². The normalized spacial score (nSPS) is 12.9. The van der Waals surface area contributed by atoms with Crippen LogP contribution in [0.2, 0.25) is 0 Å². The molecule has 2 N–H and O–H groups in total. The second-order valence-corrected chi connectivity index (χ2v) is 7.02. The number of carboxylic acids is 1. The van der Waals surface area contributed by atoms with E-state index in [1.54, 1.807) is 24.3 Å². The van der Waals surface area contributed by atoms with E-state index in [1.165, 1.54) is 5.56 Å². The molecule has 0 saturated heterocycles. The summed E-state index contributed by atoms with van der Waals surface area (Å²) in [6, 6.07) is 18.1. The summed E-state index contributed by atoms with van der Waals surface area (Å²) in [6.45, 7) is 0. The monoisotopic (exact) mass is 385 g/mol. The number of benzene rings is 2. The molecule has 0 aliphatic rings. The van der Waals surface area contributed by atoms with Crippen LogP contribution >= 0.6 is 12.6 Å². The lowest BCUT2D eigenvalue weighted by Crippen LogP contribution is -2.38. The van der Waals surface area contributed by atoms with Gasteiger partial charge in [-0.3, -0.25) is 4.79 Å². The topological polar surface area (TPSA) is 66.4 Å². The molecule has 0 heterocycles. The van der Waals surface area contributed by atoms with Crippen molar-refractivity contribution in [2.45, 2.75) is 38.1 Å². The first-order valence-electron chi connectivity index (χ1n) is 9.34. The highest BCUT2D eigenvalue weighted by Crippen LogP contribution is 2.17. The molecular formula is C22H27NO3S. The van der Waals surface area contributed by atoms with Crippen LogP contribution in [0.1, 0.15) is 42.9 Å². The molecule has 0 radical (unpaired) electrons. The number of carbonyl (C=O) groups is 2. The van der Waals surface area contributed by atoms with E-state index in [0.29, 0.717) is 17.7 Å².